The second kappa shape index (κ2) is 5.01. The van der Waals surface area contributed by atoms with Gasteiger partial charge in [0, 0.05) is 15.5 Å². The molecule has 2 aromatic rings. The lowest BCUT2D eigenvalue weighted by Gasteiger charge is -2.08. The lowest BCUT2D eigenvalue weighted by molar-refractivity contribution is 1.29. The number of rotatable bonds is 2. The van der Waals surface area contributed by atoms with Crippen molar-refractivity contribution in [1.82, 2.24) is 4.98 Å². The first kappa shape index (κ1) is 11.7. The Hall–Kier alpha value is -1.81. The molecule has 17 heavy (non-hydrogen) atoms. The maximum Gasteiger partial charge on any atom is 0.153 e. The van der Waals surface area contributed by atoms with Crippen LogP contribution in [0.5, 0.6) is 0 Å². The van der Waals surface area contributed by atoms with E-state index in [0.29, 0.717) is 17.1 Å². The first-order valence-electron chi connectivity index (χ1n) is 4.87. The van der Waals surface area contributed by atoms with Gasteiger partial charge in [-0.3, -0.25) is 0 Å². The molecule has 0 aliphatic rings. The van der Waals surface area contributed by atoms with Gasteiger partial charge < -0.3 is 11.1 Å². The van der Waals surface area contributed by atoms with E-state index in [2.05, 4.69) is 32.9 Å². The van der Waals surface area contributed by atoms with E-state index in [9.17, 15) is 0 Å². The fourth-order valence-corrected chi connectivity index (χ4v) is 1.89. The maximum absolute atomic E-state index is 8.71. The van der Waals surface area contributed by atoms with Crippen molar-refractivity contribution < 1.29 is 0 Å². The fourth-order valence-electron chi connectivity index (χ4n) is 1.35. The van der Waals surface area contributed by atoms with Crippen LogP contribution in [-0.2, 0) is 0 Å². The van der Waals surface area contributed by atoms with E-state index in [4.69, 9.17) is 11.0 Å². The van der Waals surface area contributed by atoms with Crippen molar-refractivity contribution in [2.75, 3.05) is 11.1 Å². The van der Waals surface area contributed by atoms with Crippen molar-refractivity contribution in [2.24, 2.45) is 0 Å². The summed E-state index contributed by atoms with van der Waals surface area (Å²) in [5, 5.41) is 11.8. The largest absolute Gasteiger partial charge is 0.396 e. The van der Waals surface area contributed by atoms with E-state index in [0.717, 1.165) is 9.26 Å². The predicted molar refractivity (Wildman–Crippen MR) is 75.8 cm³/mol. The minimum Gasteiger partial charge on any atom is -0.396 e. The predicted octanol–water partition coefficient (Wildman–Crippen LogP) is 2.88. The highest BCUT2D eigenvalue weighted by Crippen LogP contribution is 2.22. The van der Waals surface area contributed by atoms with Crippen LogP contribution in [0.15, 0.2) is 36.5 Å². The second-order valence-electron chi connectivity index (χ2n) is 3.41. The number of hydrogen-bond acceptors (Lipinski definition) is 4. The number of pyridine rings is 1. The normalized spacial score (nSPS) is 9.65. The number of nitrogens with zero attached hydrogens (tertiary/aromatic N) is 2. The smallest absolute Gasteiger partial charge is 0.153 e. The molecule has 1 aromatic heterocycles. The van der Waals surface area contributed by atoms with Gasteiger partial charge in [0.1, 0.15) is 6.07 Å². The summed E-state index contributed by atoms with van der Waals surface area (Å²) in [6, 6.07) is 11.5. The third-order valence-electron chi connectivity index (χ3n) is 2.13. The zero-order chi connectivity index (χ0) is 12.3. The number of halogens is 1. The van der Waals surface area contributed by atoms with E-state index >= 15 is 0 Å². The summed E-state index contributed by atoms with van der Waals surface area (Å²) in [5.74, 6) is 0.561. The Morgan fingerprint density at radius 3 is 2.82 bits per heavy atom. The van der Waals surface area contributed by atoms with Crippen LogP contribution in [0.2, 0.25) is 0 Å². The van der Waals surface area contributed by atoms with Crippen LogP contribution in [0.4, 0.5) is 17.2 Å². The minimum atomic E-state index is 0.454. The molecule has 84 valence electrons. The Morgan fingerprint density at radius 2 is 2.18 bits per heavy atom. The summed E-state index contributed by atoms with van der Waals surface area (Å²) < 4.78 is 1.12. The lowest BCUT2D eigenvalue weighted by atomic mass is 10.2. The Labute approximate surface area is 113 Å². The van der Waals surface area contributed by atoms with Crippen LogP contribution in [0.1, 0.15) is 5.56 Å². The van der Waals surface area contributed by atoms with Gasteiger partial charge in [0.2, 0.25) is 0 Å². The Balaban J connectivity index is 2.28. The molecule has 0 spiro atoms. The van der Waals surface area contributed by atoms with Crippen molar-refractivity contribution >= 4 is 39.8 Å². The van der Waals surface area contributed by atoms with E-state index in [1.54, 1.807) is 6.07 Å². The van der Waals surface area contributed by atoms with Crippen LogP contribution in [0, 0.1) is 14.9 Å². The third-order valence-corrected chi connectivity index (χ3v) is 2.80. The number of hydrogen-bond donors (Lipinski definition) is 2. The SMILES string of the molecule is N#Cc1cnc(Nc2cccc(I)c2)c(N)c1. The van der Waals surface area contributed by atoms with Gasteiger partial charge in [-0.15, -0.1) is 0 Å². The molecule has 2 rings (SSSR count). The number of nitrogen functional groups attached to an aromatic ring is 1. The summed E-state index contributed by atoms with van der Waals surface area (Å²) >= 11 is 2.23. The highest BCUT2D eigenvalue weighted by molar-refractivity contribution is 14.1. The number of nitrogens with one attached hydrogen (secondary N) is 1. The lowest BCUT2D eigenvalue weighted by Crippen LogP contribution is -1.99. The average molecular weight is 336 g/mol. The molecule has 0 aliphatic carbocycles. The number of anilines is 3. The molecule has 0 saturated heterocycles. The summed E-state index contributed by atoms with van der Waals surface area (Å²) in [5.41, 5.74) is 7.64. The molecule has 3 N–H and O–H groups in total. The van der Waals surface area contributed by atoms with Crippen molar-refractivity contribution in [3.05, 3.63) is 45.7 Å². The molecule has 0 atom stereocenters. The zero-order valence-electron chi connectivity index (χ0n) is 8.81. The summed E-state index contributed by atoms with van der Waals surface area (Å²) in [6.07, 6.45) is 1.49. The first-order valence-corrected chi connectivity index (χ1v) is 5.95. The summed E-state index contributed by atoms with van der Waals surface area (Å²) in [4.78, 5) is 4.11. The molecule has 0 amide bonds. The Bertz CT molecular complexity index is 589. The van der Waals surface area contributed by atoms with Crippen LogP contribution < -0.4 is 11.1 Å². The van der Waals surface area contributed by atoms with Crippen molar-refractivity contribution in [2.45, 2.75) is 0 Å². The van der Waals surface area contributed by atoms with Crippen LogP contribution in [0.25, 0.3) is 0 Å². The van der Waals surface area contributed by atoms with Crippen LogP contribution >= 0.6 is 22.6 Å². The molecule has 0 aliphatic heterocycles. The van der Waals surface area contributed by atoms with Gasteiger partial charge in [0.05, 0.1) is 11.3 Å². The molecule has 1 heterocycles. The molecule has 0 radical (unpaired) electrons. The van der Waals surface area contributed by atoms with Crippen molar-refractivity contribution in [3.63, 3.8) is 0 Å². The topological polar surface area (TPSA) is 74.7 Å². The summed E-state index contributed by atoms with van der Waals surface area (Å²) in [6.45, 7) is 0. The van der Waals surface area contributed by atoms with Gasteiger partial charge in [0.15, 0.2) is 5.82 Å². The molecule has 0 saturated carbocycles. The molecule has 0 unspecified atom stereocenters. The molecular formula is C12H9IN4. The quantitative estimate of drug-likeness (QED) is 0.827. The van der Waals surface area contributed by atoms with Crippen LogP contribution in [-0.4, -0.2) is 4.98 Å². The van der Waals surface area contributed by atoms with E-state index < -0.39 is 0 Å². The van der Waals surface area contributed by atoms with Gasteiger partial charge in [-0.25, -0.2) is 4.98 Å². The fraction of sp³-hybridized carbons (Fsp3) is 0. The average Bonchev–Trinajstić information content (AvgIpc) is 2.32. The standard InChI is InChI=1S/C12H9IN4/c13-9-2-1-3-10(5-9)17-12-11(15)4-8(6-14)7-16-12/h1-5,7H,15H2,(H,16,17). The van der Waals surface area contributed by atoms with Gasteiger partial charge in [0.25, 0.3) is 0 Å². The molecule has 1 aromatic carbocycles. The summed E-state index contributed by atoms with van der Waals surface area (Å²) in [7, 11) is 0. The Kier molecular flexibility index (Phi) is 3.44. The number of aromatic nitrogens is 1. The van der Waals surface area contributed by atoms with E-state index in [1.165, 1.54) is 6.20 Å². The molecule has 0 bridgehead atoms. The number of nitrogens with two attached hydrogens (primary N) is 1. The monoisotopic (exact) mass is 336 g/mol. The molecule has 4 nitrogen and oxygen atoms in total. The molecule has 0 fully saturated rings. The van der Waals surface area contributed by atoms with E-state index in [1.807, 2.05) is 30.3 Å². The van der Waals surface area contributed by atoms with Gasteiger partial charge in [-0.2, -0.15) is 5.26 Å². The van der Waals surface area contributed by atoms with Crippen LogP contribution in [0.3, 0.4) is 0 Å². The van der Waals surface area contributed by atoms with Crippen molar-refractivity contribution in [3.8, 4) is 6.07 Å². The number of benzene rings is 1. The number of nitriles is 1. The highest BCUT2D eigenvalue weighted by Gasteiger charge is 2.03. The maximum atomic E-state index is 8.71. The zero-order valence-corrected chi connectivity index (χ0v) is 11.0. The van der Waals surface area contributed by atoms with Gasteiger partial charge in [-0.1, -0.05) is 6.07 Å². The highest BCUT2D eigenvalue weighted by atomic mass is 127. The molecule has 5 heteroatoms. The Morgan fingerprint density at radius 1 is 1.35 bits per heavy atom. The molecular weight excluding hydrogens is 327 g/mol. The third kappa shape index (κ3) is 2.85. The van der Waals surface area contributed by atoms with Crippen molar-refractivity contribution in [1.29, 1.82) is 5.26 Å². The van der Waals surface area contributed by atoms with Gasteiger partial charge in [-0.05, 0) is 46.9 Å². The van der Waals surface area contributed by atoms with Gasteiger partial charge >= 0.3 is 0 Å². The second-order valence-corrected chi connectivity index (χ2v) is 4.65. The van der Waals surface area contributed by atoms with E-state index in [-0.39, 0.29) is 0 Å². The first-order chi connectivity index (χ1) is 8.19. The minimum absolute atomic E-state index is 0.454.